The van der Waals surface area contributed by atoms with Crippen LogP contribution >= 0.6 is 0 Å². The summed E-state index contributed by atoms with van der Waals surface area (Å²) in [7, 11) is 0. The minimum atomic E-state index is -0.806. The fourth-order valence-electron chi connectivity index (χ4n) is 0.518. The van der Waals surface area contributed by atoms with Crippen molar-refractivity contribution in [3.63, 3.8) is 0 Å². The van der Waals surface area contributed by atoms with Crippen molar-refractivity contribution >= 4 is 18.4 Å². The van der Waals surface area contributed by atoms with E-state index in [1.807, 2.05) is 0 Å². The van der Waals surface area contributed by atoms with Crippen molar-refractivity contribution in [1.29, 1.82) is 5.41 Å². The molecule has 13 heavy (non-hydrogen) atoms. The van der Waals surface area contributed by atoms with Gasteiger partial charge in [-0.15, -0.1) is 0 Å². The molecule has 0 saturated heterocycles. The Morgan fingerprint density at radius 3 is 2.92 bits per heavy atom. The highest BCUT2D eigenvalue weighted by Crippen LogP contribution is 1.88. The van der Waals surface area contributed by atoms with Gasteiger partial charge in [-0.3, -0.25) is 5.41 Å². The number of aliphatic hydroxyl groups excluding tert-OH is 1. The number of nitrogens with one attached hydrogen (secondary N) is 2. The molecule has 6 nitrogen and oxygen atoms in total. The van der Waals surface area contributed by atoms with Gasteiger partial charge in [-0.1, -0.05) is 0 Å². The molecule has 0 spiro atoms. The van der Waals surface area contributed by atoms with Crippen LogP contribution in [0.2, 0.25) is 0 Å². The van der Waals surface area contributed by atoms with Gasteiger partial charge in [0.1, 0.15) is 5.71 Å². The zero-order chi connectivity index (χ0) is 10.3. The van der Waals surface area contributed by atoms with Crippen LogP contribution in [-0.4, -0.2) is 30.1 Å². The summed E-state index contributed by atoms with van der Waals surface area (Å²) < 4.78 is 4.49. The molecule has 0 aromatic heterocycles. The van der Waals surface area contributed by atoms with Crippen molar-refractivity contribution in [2.24, 2.45) is 5.10 Å². The van der Waals surface area contributed by atoms with Crippen molar-refractivity contribution in [1.82, 2.24) is 5.43 Å². The van der Waals surface area contributed by atoms with Gasteiger partial charge < -0.3 is 9.84 Å². The van der Waals surface area contributed by atoms with Crippen molar-refractivity contribution in [3.8, 4) is 0 Å². The maximum absolute atomic E-state index is 10.8. The number of hydrogen-bond acceptors (Lipinski definition) is 6. The van der Waals surface area contributed by atoms with Crippen molar-refractivity contribution < 1.29 is 14.6 Å². The SMILES string of the molecule is C=NN/C(O)=C\C(=N)C(=O)OCC. The lowest BCUT2D eigenvalue weighted by Gasteiger charge is -2.00. The quantitative estimate of drug-likeness (QED) is 0.246. The first-order valence-corrected chi connectivity index (χ1v) is 3.49. The van der Waals surface area contributed by atoms with Gasteiger partial charge in [-0.05, 0) is 6.92 Å². The molecule has 0 unspecified atom stereocenters. The predicted octanol–water partition coefficient (Wildman–Crippen LogP) is 0.174. The van der Waals surface area contributed by atoms with Gasteiger partial charge in [0, 0.05) is 12.8 Å². The van der Waals surface area contributed by atoms with Crippen LogP contribution in [0.4, 0.5) is 0 Å². The Morgan fingerprint density at radius 2 is 2.46 bits per heavy atom. The van der Waals surface area contributed by atoms with Gasteiger partial charge in [0.05, 0.1) is 6.61 Å². The molecule has 6 heteroatoms. The molecule has 0 saturated carbocycles. The van der Waals surface area contributed by atoms with Crippen molar-refractivity contribution in [2.75, 3.05) is 6.61 Å². The molecule has 0 heterocycles. The lowest BCUT2D eigenvalue weighted by molar-refractivity contribution is -0.135. The van der Waals surface area contributed by atoms with Crippen LogP contribution in [0.1, 0.15) is 6.92 Å². The summed E-state index contributed by atoms with van der Waals surface area (Å²) >= 11 is 0. The lowest BCUT2D eigenvalue weighted by Crippen LogP contribution is -2.16. The monoisotopic (exact) mass is 185 g/mol. The zero-order valence-corrected chi connectivity index (χ0v) is 7.20. The van der Waals surface area contributed by atoms with Gasteiger partial charge in [0.2, 0.25) is 5.88 Å². The Hall–Kier alpha value is -1.85. The number of nitrogens with zero attached hydrogens (tertiary/aromatic N) is 1. The molecule has 0 atom stereocenters. The molecule has 0 aliphatic carbocycles. The van der Waals surface area contributed by atoms with Crippen LogP contribution in [0, 0.1) is 5.41 Å². The van der Waals surface area contributed by atoms with E-state index in [0.717, 1.165) is 6.08 Å². The van der Waals surface area contributed by atoms with E-state index >= 15 is 0 Å². The maximum Gasteiger partial charge on any atom is 0.356 e. The maximum atomic E-state index is 10.8. The Labute approximate surface area is 75.4 Å². The van der Waals surface area contributed by atoms with Crippen molar-refractivity contribution in [2.45, 2.75) is 6.92 Å². The summed E-state index contributed by atoms with van der Waals surface area (Å²) in [5, 5.41) is 19.1. The highest BCUT2D eigenvalue weighted by atomic mass is 16.5. The van der Waals surface area contributed by atoms with E-state index in [0.29, 0.717) is 0 Å². The van der Waals surface area contributed by atoms with Gasteiger partial charge in [0.15, 0.2) is 0 Å². The molecule has 72 valence electrons. The summed E-state index contributed by atoms with van der Waals surface area (Å²) in [5.41, 5.74) is 1.59. The second-order valence-corrected chi connectivity index (χ2v) is 1.93. The van der Waals surface area contributed by atoms with E-state index in [9.17, 15) is 4.79 Å². The third-order valence-electron chi connectivity index (χ3n) is 0.970. The summed E-state index contributed by atoms with van der Waals surface area (Å²) in [6.45, 7) is 4.85. The molecule has 0 aromatic rings. The second kappa shape index (κ2) is 5.76. The first kappa shape index (κ1) is 11.2. The van der Waals surface area contributed by atoms with E-state index in [4.69, 9.17) is 10.5 Å². The Kier molecular flexibility index (Phi) is 4.94. The summed E-state index contributed by atoms with van der Waals surface area (Å²) in [6.07, 6.45) is 0.882. The van der Waals surface area contributed by atoms with E-state index in [1.165, 1.54) is 0 Å². The van der Waals surface area contributed by atoms with E-state index in [-0.39, 0.29) is 6.61 Å². The first-order valence-electron chi connectivity index (χ1n) is 3.49. The minimum absolute atomic E-state index is 0.183. The minimum Gasteiger partial charge on any atom is -0.494 e. The summed E-state index contributed by atoms with van der Waals surface area (Å²) in [4.78, 5) is 10.8. The smallest absolute Gasteiger partial charge is 0.356 e. The van der Waals surface area contributed by atoms with Gasteiger partial charge >= 0.3 is 5.97 Å². The summed E-state index contributed by atoms with van der Waals surface area (Å²) in [5.74, 6) is -1.24. The van der Waals surface area contributed by atoms with Crippen LogP contribution in [-0.2, 0) is 9.53 Å². The highest BCUT2D eigenvalue weighted by Gasteiger charge is 2.07. The fourth-order valence-corrected chi connectivity index (χ4v) is 0.518. The van der Waals surface area contributed by atoms with Crippen LogP contribution in [0.5, 0.6) is 0 Å². The average molecular weight is 185 g/mol. The Balaban J connectivity index is 4.19. The molecular formula is C7H11N3O3. The molecule has 0 aromatic carbocycles. The number of hydrazone groups is 1. The number of rotatable bonds is 5. The van der Waals surface area contributed by atoms with E-state index < -0.39 is 17.6 Å². The third-order valence-corrected chi connectivity index (χ3v) is 0.970. The number of hydrogen-bond donors (Lipinski definition) is 3. The van der Waals surface area contributed by atoms with E-state index in [1.54, 1.807) is 6.92 Å². The van der Waals surface area contributed by atoms with Gasteiger partial charge in [-0.2, -0.15) is 5.10 Å². The number of aliphatic hydroxyl groups is 1. The molecule has 0 aliphatic heterocycles. The fraction of sp³-hybridized carbons (Fsp3) is 0.286. The number of ether oxygens (including phenoxy) is 1. The molecule has 0 rings (SSSR count). The first-order chi connectivity index (χ1) is 6.11. The largest absolute Gasteiger partial charge is 0.494 e. The third kappa shape index (κ3) is 4.57. The standard InChI is InChI=1S/C7H11N3O3/c1-3-13-7(12)5(8)4-6(11)10-9-2/h4,8,10-11H,2-3H2,1H3/b6-4+,8-5?. The van der Waals surface area contributed by atoms with Crippen LogP contribution < -0.4 is 5.43 Å². The highest BCUT2D eigenvalue weighted by molar-refractivity contribution is 6.39. The average Bonchev–Trinajstić information content (AvgIpc) is 2.05. The van der Waals surface area contributed by atoms with Crippen LogP contribution in [0.3, 0.4) is 0 Å². The molecule has 3 N–H and O–H groups in total. The van der Waals surface area contributed by atoms with Gasteiger partial charge in [-0.25, -0.2) is 10.2 Å². The molecule has 0 fully saturated rings. The normalized spacial score (nSPS) is 10.4. The van der Waals surface area contributed by atoms with E-state index in [2.05, 4.69) is 22.0 Å². The summed E-state index contributed by atoms with van der Waals surface area (Å²) in [6, 6.07) is 0. The molecule has 0 radical (unpaired) electrons. The molecule has 0 aliphatic rings. The molecule has 0 bridgehead atoms. The molecule has 0 amide bonds. The van der Waals surface area contributed by atoms with Crippen LogP contribution in [0.15, 0.2) is 17.1 Å². The topological polar surface area (TPSA) is 94.8 Å². The number of esters is 1. The number of carbonyl (C=O) groups excluding carboxylic acids is 1. The lowest BCUT2D eigenvalue weighted by atomic mass is 10.3. The van der Waals surface area contributed by atoms with Crippen molar-refractivity contribution in [3.05, 3.63) is 12.0 Å². The van der Waals surface area contributed by atoms with Crippen LogP contribution in [0.25, 0.3) is 0 Å². The zero-order valence-electron chi connectivity index (χ0n) is 7.20. The Morgan fingerprint density at radius 1 is 1.85 bits per heavy atom. The Bertz CT molecular complexity index is 247. The van der Waals surface area contributed by atoms with Gasteiger partial charge in [0.25, 0.3) is 0 Å². The molecular weight excluding hydrogens is 174 g/mol. The second-order valence-electron chi connectivity index (χ2n) is 1.93. The predicted molar refractivity (Wildman–Crippen MR) is 47.8 cm³/mol. The number of carbonyl (C=O) groups is 1.